The van der Waals surface area contributed by atoms with Crippen LogP contribution in [0.2, 0.25) is 10.0 Å². The number of nitrogens with zero attached hydrogens (tertiary/aromatic N) is 4. The molecule has 3 aromatic heterocycles. The van der Waals surface area contributed by atoms with Crippen LogP contribution in [0.25, 0.3) is 22.2 Å². The molecule has 1 N–H and O–H groups in total. The van der Waals surface area contributed by atoms with Crippen LogP contribution in [0, 0.1) is 6.92 Å². The number of aromatic nitrogens is 4. The zero-order valence-electron chi connectivity index (χ0n) is 21.1. The fourth-order valence-electron chi connectivity index (χ4n) is 5.10. The van der Waals surface area contributed by atoms with Crippen LogP contribution in [0.3, 0.4) is 0 Å². The van der Waals surface area contributed by atoms with E-state index in [0.717, 1.165) is 46.6 Å². The van der Waals surface area contributed by atoms with E-state index < -0.39 is 0 Å². The van der Waals surface area contributed by atoms with Crippen LogP contribution in [-0.4, -0.2) is 45.0 Å². The molecule has 1 aliphatic carbocycles. The van der Waals surface area contributed by atoms with E-state index in [1.807, 2.05) is 38.2 Å². The average Bonchev–Trinajstić information content (AvgIpc) is 3.26. The minimum Gasteiger partial charge on any atom is -0.486 e. The van der Waals surface area contributed by atoms with E-state index in [2.05, 4.69) is 39.1 Å². The number of halogens is 2. The van der Waals surface area contributed by atoms with Crippen molar-refractivity contribution in [3.8, 4) is 17.0 Å². The maximum absolute atomic E-state index is 6.48. The van der Waals surface area contributed by atoms with E-state index in [0.29, 0.717) is 27.6 Å². The molecule has 4 heterocycles. The fourth-order valence-corrected chi connectivity index (χ4v) is 5.75. The largest absolute Gasteiger partial charge is 0.486 e. The van der Waals surface area contributed by atoms with E-state index in [1.54, 1.807) is 6.20 Å². The number of aromatic amines is 1. The summed E-state index contributed by atoms with van der Waals surface area (Å²) < 4.78 is 12.5. The van der Waals surface area contributed by atoms with Gasteiger partial charge in [0.2, 0.25) is 0 Å². The van der Waals surface area contributed by atoms with Crippen LogP contribution in [0.1, 0.15) is 50.5 Å². The maximum atomic E-state index is 6.48. The minimum atomic E-state index is -0.356. The Morgan fingerprint density at radius 3 is 2.62 bits per heavy atom. The Kier molecular flexibility index (Phi) is 6.25. The topological polar surface area (TPSA) is 76.2 Å². The SMILES string of the molecule is Cc1ncc(Cl)c([C@@H](C)Oc2ccc3[nH]nc(-c4ccc(N5CC(C)(OC6CCC6)C5)nc4)c3c2)c1Cl. The molecular weight excluding hydrogens is 509 g/mol. The number of aryl methyl sites for hydroxylation is 1. The van der Waals surface area contributed by atoms with Gasteiger partial charge in [-0.25, -0.2) is 4.98 Å². The Hall–Kier alpha value is -2.87. The summed E-state index contributed by atoms with van der Waals surface area (Å²) in [5.41, 5.74) is 4.05. The van der Waals surface area contributed by atoms with Gasteiger partial charge in [-0.05, 0) is 70.4 Å². The number of nitrogens with one attached hydrogen (secondary N) is 1. The molecule has 0 radical (unpaired) electrons. The third-order valence-corrected chi connectivity index (χ3v) is 8.11. The molecule has 0 amide bonds. The van der Waals surface area contributed by atoms with Crippen molar-refractivity contribution in [1.29, 1.82) is 0 Å². The van der Waals surface area contributed by atoms with Crippen molar-refractivity contribution in [1.82, 2.24) is 20.2 Å². The second-order valence-corrected chi connectivity index (χ2v) is 11.1. The number of pyridine rings is 2. The predicted molar refractivity (Wildman–Crippen MR) is 147 cm³/mol. The van der Waals surface area contributed by atoms with Crippen LogP contribution in [0.5, 0.6) is 5.75 Å². The maximum Gasteiger partial charge on any atom is 0.128 e. The second kappa shape index (κ2) is 9.46. The minimum absolute atomic E-state index is 0.0687. The van der Waals surface area contributed by atoms with Gasteiger partial charge in [0, 0.05) is 42.0 Å². The Morgan fingerprint density at radius 1 is 1.11 bits per heavy atom. The van der Waals surface area contributed by atoms with E-state index in [4.69, 9.17) is 37.7 Å². The number of anilines is 1. The molecule has 1 saturated carbocycles. The molecule has 192 valence electrons. The van der Waals surface area contributed by atoms with Gasteiger partial charge in [0.15, 0.2) is 0 Å². The summed E-state index contributed by atoms with van der Waals surface area (Å²) in [5, 5.41) is 9.63. The van der Waals surface area contributed by atoms with Gasteiger partial charge in [0.05, 0.1) is 27.4 Å². The molecule has 2 fully saturated rings. The molecule has 37 heavy (non-hydrogen) atoms. The van der Waals surface area contributed by atoms with Crippen LogP contribution >= 0.6 is 23.2 Å². The molecular formula is C28H29Cl2N5O2. The highest BCUT2D eigenvalue weighted by Gasteiger charge is 2.43. The quantitative estimate of drug-likeness (QED) is 0.275. The normalized spacial score (nSPS) is 17.9. The lowest BCUT2D eigenvalue weighted by Crippen LogP contribution is -2.63. The molecule has 0 unspecified atom stereocenters. The molecule has 9 heteroatoms. The lowest BCUT2D eigenvalue weighted by atomic mass is 9.91. The highest BCUT2D eigenvalue weighted by Crippen LogP contribution is 2.37. The smallest absolute Gasteiger partial charge is 0.128 e. The zero-order valence-corrected chi connectivity index (χ0v) is 22.6. The number of rotatable bonds is 7. The van der Waals surface area contributed by atoms with Crippen molar-refractivity contribution in [2.45, 2.75) is 57.8 Å². The highest BCUT2D eigenvalue weighted by atomic mass is 35.5. The predicted octanol–water partition coefficient (Wildman–Crippen LogP) is 6.92. The van der Waals surface area contributed by atoms with Crippen molar-refractivity contribution >= 4 is 39.9 Å². The van der Waals surface area contributed by atoms with Crippen LogP contribution in [0.4, 0.5) is 5.82 Å². The summed E-state index contributed by atoms with van der Waals surface area (Å²) in [7, 11) is 0. The number of fused-ring (bicyclic) bond motifs is 1. The first-order valence-electron chi connectivity index (χ1n) is 12.6. The number of benzene rings is 1. The van der Waals surface area contributed by atoms with Gasteiger partial charge in [-0.15, -0.1) is 0 Å². The van der Waals surface area contributed by atoms with Crippen molar-refractivity contribution in [2.75, 3.05) is 18.0 Å². The number of ether oxygens (including phenoxy) is 2. The number of hydrogen-bond donors (Lipinski definition) is 1. The summed E-state index contributed by atoms with van der Waals surface area (Å²) >= 11 is 12.9. The Balaban J connectivity index is 1.19. The first-order valence-corrected chi connectivity index (χ1v) is 13.4. The standard InChI is InChI=1S/C28H29Cl2N5O2/c1-16-26(30)25(22(29)13-31-16)17(2)36-20-8-9-23-21(11-20)27(34-33-23)18-7-10-24(32-12-18)35-14-28(3,15-35)37-19-5-4-6-19/h7-13,17,19H,4-6,14-15H2,1-3H3,(H,33,34)/t17-/m1/s1. The Morgan fingerprint density at radius 2 is 1.92 bits per heavy atom. The van der Waals surface area contributed by atoms with Gasteiger partial charge < -0.3 is 14.4 Å². The first-order chi connectivity index (χ1) is 17.8. The molecule has 0 bridgehead atoms. The lowest BCUT2D eigenvalue weighted by molar-refractivity contribution is -0.124. The highest BCUT2D eigenvalue weighted by molar-refractivity contribution is 6.36. The van der Waals surface area contributed by atoms with E-state index in [9.17, 15) is 0 Å². The van der Waals surface area contributed by atoms with Crippen LogP contribution < -0.4 is 9.64 Å². The monoisotopic (exact) mass is 537 g/mol. The van der Waals surface area contributed by atoms with E-state index in [1.165, 1.54) is 19.3 Å². The molecule has 1 aliphatic heterocycles. The lowest BCUT2D eigenvalue weighted by Gasteiger charge is -2.50. The Labute approximate surface area is 226 Å². The van der Waals surface area contributed by atoms with Crippen molar-refractivity contribution in [3.63, 3.8) is 0 Å². The molecule has 0 spiro atoms. The fraction of sp³-hybridized carbons (Fsp3) is 0.393. The van der Waals surface area contributed by atoms with Gasteiger partial charge in [0.1, 0.15) is 29.0 Å². The third-order valence-electron chi connectivity index (χ3n) is 7.34. The van der Waals surface area contributed by atoms with Crippen molar-refractivity contribution < 1.29 is 9.47 Å². The van der Waals surface area contributed by atoms with E-state index >= 15 is 0 Å². The molecule has 1 aromatic carbocycles. The molecule has 1 saturated heterocycles. The summed E-state index contributed by atoms with van der Waals surface area (Å²) in [6, 6.07) is 9.96. The molecule has 7 nitrogen and oxygen atoms in total. The van der Waals surface area contributed by atoms with Gasteiger partial charge in [-0.3, -0.25) is 10.1 Å². The van der Waals surface area contributed by atoms with Crippen LogP contribution in [-0.2, 0) is 4.74 Å². The average molecular weight is 538 g/mol. The van der Waals surface area contributed by atoms with Gasteiger partial charge in [-0.2, -0.15) is 5.10 Å². The molecule has 6 rings (SSSR count). The molecule has 4 aromatic rings. The van der Waals surface area contributed by atoms with E-state index in [-0.39, 0.29) is 11.7 Å². The summed E-state index contributed by atoms with van der Waals surface area (Å²) in [6.45, 7) is 7.70. The van der Waals surface area contributed by atoms with Gasteiger partial charge in [-0.1, -0.05) is 23.2 Å². The summed E-state index contributed by atoms with van der Waals surface area (Å²) in [6.07, 6.45) is 7.24. The van der Waals surface area contributed by atoms with Crippen molar-refractivity contribution in [2.24, 2.45) is 0 Å². The zero-order chi connectivity index (χ0) is 25.7. The molecule has 1 atom stereocenters. The summed E-state index contributed by atoms with van der Waals surface area (Å²) in [4.78, 5) is 11.2. The molecule has 2 aliphatic rings. The number of H-pyrrole nitrogens is 1. The second-order valence-electron chi connectivity index (χ2n) is 10.3. The number of hydrogen-bond acceptors (Lipinski definition) is 6. The first kappa shape index (κ1) is 24.5. The Bertz CT molecular complexity index is 1450. The van der Waals surface area contributed by atoms with Gasteiger partial charge in [0.25, 0.3) is 0 Å². The van der Waals surface area contributed by atoms with Gasteiger partial charge >= 0.3 is 0 Å². The van der Waals surface area contributed by atoms with Crippen molar-refractivity contribution in [3.05, 3.63) is 64.0 Å². The third kappa shape index (κ3) is 4.65. The summed E-state index contributed by atoms with van der Waals surface area (Å²) in [5.74, 6) is 1.65. The van der Waals surface area contributed by atoms with Crippen LogP contribution in [0.15, 0.2) is 42.7 Å².